The van der Waals surface area contributed by atoms with Crippen molar-refractivity contribution in [2.45, 2.75) is 109 Å². The zero-order valence-corrected chi connectivity index (χ0v) is 33.7. The largest absolute Gasteiger partial charge is 0.493 e. The van der Waals surface area contributed by atoms with Gasteiger partial charge in [0.05, 0.1) is 30.3 Å². The number of unbranched alkanes of at least 4 members (excludes halogenated alkanes) is 13. The van der Waals surface area contributed by atoms with E-state index in [0.29, 0.717) is 18.0 Å². The van der Waals surface area contributed by atoms with Crippen LogP contribution in [0.4, 0.5) is 17.1 Å². The molecule has 302 valence electrons. The number of benzene rings is 3. The van der Waals surface area contributed by atoms with E-state index in [0.717, 1.165) is 29.8 Å². The number of ether oxygens (including phenoxy) is 3. The summed E-state index contributed by atoms with van der Waals surface area (Å²) < 4.78 is 45.0. The third-order valence-corrected chi connectivity index (χ3v) is 10.9. The van der Waals surface area contributed by atoms with E-state index in [2.05, 4.69) is 22.6 Å². The van der Waals surface area contributed by atoms with Gasteiger partial charge in [-0.15, -0.1) is 4.47 Å². The van der Waals surface area contributed by atoms with Crippen molar-refractivity contribution in [3.63, 3.8) is 0 Å². The first-order valence-corrected chi connectivity index (χ1v) is 21.1. The van der Waals surface area contributed by atoms with E-state index >= 15 is 0 Å². The molecule has 13 nitrogen and oxygen atoms in total. The molecule has 0 unspecified atom stereocenters. The number of rotatable bonds is 26. The van der Waals surface area contributed by atoms with Crippen molar-refractivity contribution in [2.75, 3.05) is 41.8 Å². The molecule has 56 heavy (non-hydrogen) atoms. The molecule has 0 atom stereocenters. The first-order valence-electron chi connectivity index (χ1n) is 19.7. The number of nitrogens with one attached hydrogen (secondary N) is 1. The minimum atomic E-state index is -4.64. The lowest BCUT2D eigenvalue weighted by Crippen LogP contribution is -2.28. The van der Waals surface area contributed by atoms with Crippen LogP contribution >= 0.6 is 0 Å². The van der Waals surface area contributed by atoms with Gasteiger partial charge in [-0.25, -0.2) is 0 Å². The molecule has 3 aromatic carbocycles. The number of anilines is 3. The van der Waals surface area contributed by atoms with Crippen molar-refractivity contribution < 1.29 is 32.6 Å². The monoisotopic (exact) mass is 788 g/mol. The van der Waals surface area contributed by atoms with Gasteiger partial charge in [-0.3, -0.25) is 15.4 Å². The molecule has 0 saturated carbocycles. The fraction of sp³-hybridized carbons (Fsp3) is 0.476. The molecule has 0 fully saturated rings. The Morgan fingerprint density at radius 3 is 2.07 bits per heavy atom. The smallest absolute Gasteiger partial charge is 0.302 e. The third kappa shape index (κ3) is 12.8. The van der Waals surface area contributed by atoms with E-state index in [4.69, 9.17) is 14.2 Å². The van der Waals surface area contributed by atoms with Crippen LogP contribution in [0.5, 0.6) is 11.5 Å². The second-order valence-electron chi connectivity index (χ2n) is 13.7. The van der Waals surface area contributed by atoms with Crippen LogP contribution < -0.4 is 24.4 Å². The molecule has 0 radical (unpaired) electrons. The maximum absolute atomic E-state index is 14.0. The molecule has 1 amide bonds. The predicted molar refractivity (Wildman–Crippen MR) is 220 cm³/mol. The zero-order valence-electron chi connectivity index (χ0n) is 32.9. The summed E-state index contributed by atoms with van der Waals surface area (Å²) >= 11 is 0. The third-order valence-electron chi connectivity index (χ3n) is 9.37. The van der Waals surface area contributed by atoms with Crippen molar-refractivity contribution in [3.05, 3.63) is 72.3 Å². The second kappa shape index (κ2) is 23.2. The van der Waals surface area contributed by atoms with E-state index in [9.17, 15) is 23.7 Å². The average Bonchev–Trinajstić information content (AvgIpc) is 3.54. The average molecular weight is 789 g/mol. The highest BCUT2D eigenvalue weighted by atomic mass is 32.2. The number of hydrogen-bond acceptors (Lipinski definition) is 11. The topological polar surface area (TPSA) is 166 Å². The number of sulfonamides is 1. The highest BCUT2D eigenvalue weighted by molar-refractivity contribution is 7.92. The molecule has 0 bridgehead atoms. The molecule has 3 aromatic rings. The minimum absolute atomic E-state index is 0.0274. The Morgan fingerprint density at radius 2 is 1.45 bits per heavy atom. The second-order valence-corrected chi connectivity index (χ2v) is 15.5. The van der Waals surface area contributed by atoms with Crippen molar-refractivity contribution >= 4 is 44.4 Å². The molecule has 2 N–H and O–H groups in total. The van der Waals surface area contributed by atoms with Crippen LogP contribution in [0.25, 0.3) is 0 Å². The number of amides is 1. The quantitative estimate of drug-likeness (QED) is 0.0596. The highest BCUT2D eigenvalue weighted by Gasteiger charge is 2.34. The molecule has 0 aromatic heterocycles. The Labute approximate surface area is 332 Å². The highest BCUT2D eigenvalue weighted by Crippen LogP contribution is 2.34. The number of carbonyl (C=O) groups is 1. The van der Waals surface area contributed by atoms with Gasteiger partial charge in [0.2, 0.25) is 0 Å². The Hall–Kier alpha value is -4.97. The summed E-state index contributed by atoms with van der Waals surface area (Å²) in [5.74, 6) is -0.224. The van der Waals surface area contributed by atoms with Gasteiger partial charge in [0.15, 0.2) is 11.4 Å². The van der Waals surface area contributed by atoms with E-state index in [-0.39, 0.29) is 51.1 Å². The fourth-order valence-electron chi connectivity index (χ4n) is 6.14. The van der Waals surface area contributed by atoms with Crippen LogP contribution in [0.1, 0.15) is 102 Å². The summed E-state index contributed by atoms with van der Waals surface area (Å²) in [7, 11) is -3.16. The number of carbonyl (C=O) groups excluding carboxylic acids is 1. The van der Waals surface area contributed by atoms with E-state index in [1.165, 1.54) is 108 Å². The molecule has 1 aliphatic heterocycles. The summed E-state index contributed by atoms with van der Waals surface area (Å²) in [6.45, 7) is 4.80. The van der Waals surface area contributed by atoms with Crippen molar-refractivity contribution in [2.24, 2.45) is 10.2 Å². The molecule has 1 aliphatic rings. The van der Waals surface area contributed by atoms with Crippen LogP contribution in [-0.2, 0) is 19.6 Å². The Balaban J connectivity index is 1.37. The van der Waals surface area contributed by atoms with Gasteiger partial charge in [-0.1, -0.05) is 115 Å². The summed E-state index contributed by atoms with van der Waals surface area (Å²) in [5.41, 5.74) is 3.53. The maximum atomic E-state index is 14.0. The number of hydrogen-bond donors (Lipinski definition) is 2. The van der Waals surface area contributed by atoms with Crippen LogP contribution in [0.3, 0.4) is 0 Å². The lowest BCUT2D eigenvalue weighted by Gasteiger charge is -2.21. The number of methoxy groups -OCH3 is 1. The zero-order chi connectivity index (χ0) is 40.2. The van der Waals surface area contributed by atoms with Gasteiger partial charge in [-0.05, 0) is 55.3 Å². The van der Waals surface area contributed by atoms with Gasteiger partial charge in [0.25, 0.3) is 10.0 Å². The van der Waals surface area contributed by atoms with Gasteiger partial charge >= 0.3 is 5.91 Å². The number of hydrazone groups is 2. The van der Waals surface area contributed by atoms with Crippen molar-refractivity contribution in [1.29, 1.82) is 5.26 Å². The van der Waals surface area contributed by atoms with Crippen LogP contribution in [0.2, 0.25) is 0 Å². The van der Waals surface area contributed by atoms with Gasteiger partial charge < -0.3 is 14.2 Å². The molecule has 0 aliphatic carbocycles. The van der Waals surface area contributed by atoms with Gasteiger partial charge in [-0.2, -0.15) is 28.9 Å². The SMILES string of the molecule is CCCCCCCCCCCCCCCCOc1cc(N(O)S(=O)(=O)c2cc(NN=C3C(=O)N(c4ccccc4)N=C3C#N)ccc2OCCOC)ccc1C. The molecule has 4 rings (SSSR count). The summed E-state index contributed by atoms with van der Waals surface area (Å²) in [6, 6.07) is 19.2. The first kappa shape index (κ1) is 43.8. The number of aryl methyl sites for hydroxylation is 1. The summed E-state index contributed by atoms with van der Waals surface area (Å²) in [4.78, 5) is 12.7. The van der Waals surface area contributed by atoms with Crippen LogP contribution in [0.15, 0.2) is 81.8 Å². The van der Waals surface area contributed by atoms with Crippen molar-refractivity contribution in [1.82, 2.24) is 0 Å². The van der Waals surface area contributed by atoms with E-state index < -0.39 is 15.9 Å². The van der Waals surface area contributed by atoms with E-state index in [1.807, 2.05) is 13.0 Å². The molecular formula is C42H56N6O7S. The standard InChI is InChI=1S/C42H56N6O7S/c1-4-5-6-7-8-9-10-11-12-13-14-15-16-20-27-54-39-31-36(25-23-33(39)2)48(50)56(51,52)40-30-34(24-26-38(40)55-29-28-53-3)44-45-41-37(32-43)46-47(42(41)49)35-21-18-17-19-22-35/h17-19,21-26,30-31,44,50H,4-16,20,27-29H2,1-3H3. The summed E-state index contributed by atoms with van der Waals surface area (Å²) in [6.07, 6.45) is 17.6. The molecule has 0 saturated heterocycles. The molecular weight excluding hydrogens is 733 g/mol. The Morgan fingerprint density at radius 1 is 0.821 bits per heavy atom. The fourth-order valence-corrected chi connectivity index (χ4v) is 7.38. The molecule has 0 spiro atoms. The first-order chi connectivity index (χ1) is 27.2. The van der Waals surface area contributed by atoms with Gasteiger partial charge in [0.1, 0.15) is 29.1 Å². The lowest BCUT2D eigenvalue weighted by molar-refractivity contribution is -0.112. The summed E-state index contributed by atoms with van der Waals surface area (Å²) in [5, 5.41) is 30.1. The number of nitriles is 1. The van der Waals surface area contributed by atoms with Crippen LogP contribution in [0, 0.1) is 18.3 Å². The number of nitrogens with zero attached hydrogens (tertiary/aromatic N) is 5. The normalized spacial score (nSPS) is 13.5. The predicted octanol–water partition coefficient (Wildman–Crippen LogP) is 9.16. The van der Waals surface area contributed by atoms with Crippen molar-refractivity contribution in [3.8, 4) is 17.6 Å². The molecule has 14 heteroatoms. The Kier molecular flexibility index (Phi) is 18.1. The van der Waals surface area contributed by atoms with Gasteiger partial charge in [0, 0.05) is 13.2 Å². The Bertz CT molecular complexity index is 1910. The maximum Gasteiger partial charge on any atom is 0.302 e. The molecule has 1 heterocycles. The number of para-hydroxylation sites is 1. The minimum Gasteiger partial charge on any atom is -0.493 e. The van der Waals surface area contributed by atoms with Crippen LogP contribution in [-0.4, -0.2) is 57.9 Å². The lowest BCUT2D eigenvalue weighted by atomic mass is 10.0. The van der Waals surface area contributed by atoms with E-state index in [1.54, 1.807) is 36.4 Å².